The van der Waals surface area contributed by atoms with Gasteiger partial charge in [-0.1, -0.05) is 11.6 Å². The minimum Gasteiger partial charge on any atom is -0.452 e. The van der Waals surface area contributed by atoms with Crippen molar-refractivity contribution < 1.29 is 27.5 Å². The summed E-state index contributed by atoms with van der Waals surface area (Å²) in [5.74, 6) is -1.49. The van der Waals surface area contributed by atoms with E-state index in [9.17, 15) is 22.8 Å². The SMILES string of the molecule is Nc1cc(C(=O)OCC(=O)Nc2ccc(C(F)(F)F)cc2)ccc1Cl. The van der Waals surface area contributed by atoms with E-state index in [2.05, 4.69) is 5.32 Å². The van der Waals surface area contributed by atoms with Gasteiger partial charge in [0, 0.05) is 5.69 Å². The molecule has 0 heterocycles. The van der Waals surface area contributed by atoms with Gasteiger partial charge in [0.25, 0.3) is 5.91 Å². The second-order valence-electron chi connectivity index (χ2n) is 4.94. The zero-order valence-electron chi connectivity index (χ0n) is 12.6. The summed E-state index contributed by atoms with van der Waals surface area (Å²) in [6.45, 7) is -0.609. The maximum atomic E-state index is 12.4. The highest BCUT2D eigenvalue weighted by molar-refractivity contribution is 6.33. The number of nitrogen functional groups attached to an aromatic ring is 1. The van der Waals surface area contributed by atoms with Gasteiger partial charge in [-0.3, -0.25) is 4.79 Å². The Morgan fingerprint density at radius 2 is 1.76 bits per heavy atom. The van der Waals surface area contributed by atoms with Crippen LogP contribution in [0.3, 0.4) is 0 Å². The average Bonchev–Trinajstić information content (AvgIpc) is 2.55. The molecule has 0 bridgehead atoms. The Hall–Kier alpha value is -2.74. The van der Waals surface area contributed by atoms with E-state index in [0.29, 0.717) is 0 Å². The monoisotopic (exact) mass is 372 g/mol. The number of halogens is 4. The van der Waals surface area contributed by atoms with E-state index in [-0.39, 0.29) is 22.0 Å². The number of anilines is 2. The molecule has 0 fully saturated rings. The lowest BCUT2D eigenvalue weighted by atomic mass is 10.2. The molecule has 132 valence electrons. The molecule has 2 aromatic rings. The van der Waals surface area contributed by atoms with E-state index in [1.54, 1.807) is 0 Å². The topological polar surface area (TPSA) is 81.4 Å². The van der Waals surface area contributed by atoms with Crippen molar-refractivity contribution in [3.8, 4) is 0 Å². The van der Waals surface area contributed by atoms with Crippen LogP contribution < -0.4 is 11.1 Å². The Morgan fingerprint density at radius 1 is 1.12 bits per heavy atom. The van der Waals surface area contributed by atoms with Crippen molar-refractivity contribution in [2.45, 2.75) is 6.18 Å². The molecule has 5 nitrogen and oxygen atoms in total. The highest BCUT2D eigenvalue weighted by atomic mass is 35.5. The second-order valence-corrected chi connectivity index (χ2v) is 5.34. The lowest BCUT2D eigenvalue weighted by molar-refractivity contribution is -0.137. The molecule has 2 rings (SSSR count). The van der Waals surface area contributed by atoms with Crippen molar-refractivity contribution >= 4 is 34.9 Å². The van der Waals surface area contributed by atoms with Crippen LogP contribution in [0.25, 0.3) is 0 Å². The largest absolute Gasteiger partial charge is 0.452 e. The lowest BCUT2D eigenvalue weighted by Crippen LogP contribution is -2.21. The highest BCUT2D eigenvalue weighted by Crippen LogP contribution is 2.29. The van der Waals surface area contributed by atoms with Crippen molar-refractivity contribution in [1.82, 2.24) is 0 Å². The third-order valence-corrected chi connectivity index (χ3v) is 3.41. The van der Waals surface area contributed by atoms with Crippen LogP contribution in [0, 0.1) is 0 Å². The van der Waals surface area contributed by atoms with Gasteiger partial charge in [0.1, 0.15) is 0 Å². The molecule has 0 aliphatic carbocycles. The van der Waals surface area contributed by atoms with Crippen molar-refractivity contribution in [3.05, 3.63) is 58.6 Å². The quantitative estimate of drug-likeness (QED) is 0.633. The smallest absolute Gasteiger partial charge is 0.416 e. The third kappa shape index (κ3) is 5.12. The van der Waals surface area contributed by atoms with Gasteiger partial charge < -0.3 is 15.8 Å². The zero-order chi connectivity index (χ0) is 18.6. The van der Waals surface area contributed by atoms with Crippen LogP contribution in [0.1, 0.15) is 15.9 Å². The number of carbonyl (C=O) groups is 2. The molecule has 3 N–H and O–H groups in total. The van der Waals surface area contributed by atoms with Crippen molar-refractivity contribution in [2.24, 2.45) is 0 Å². The standard InChI is InChI=1S/C16H12ClF3N2O3/c17-12-6-1-9(7-13(12)21)15(24)25-8-14(23)22-11-4-2-10(3-5-11)16(18,19)20/h1-7H,8,21H2,(H,22,23). The minimum absolute atomic E-state index is 0.115. The summed E-state index contributed by atoms with van der Waals surface area (Å²) in [4.78, 5) is 23.5. The fourth-order valence-corrected chi connectivity index (χ4v) is 1.94. The molecule has 0 saturated heterocycles. The first kappa shape index (κ1) is 18.6. The maximum absolute atomic E-state index is 12.4. The molecule has 0 atom stereocenters. The average molecular weight is 373 g/mol. The van der Waals surface area contributed by atoms with Crippen molar-refractivity contribution in [3.63, 3.8) is 0 Å². The van der Waals surface area contributed by atoms with Crippen LogP contribution in [0.15, 0.2) is 42.5 Å². The van der Waals surface area contributed by atoms with E-state index in [0.717, 1.165) is 24.3 Å². The summed E-state index contributed by atoms with van der Waals surface area (Å²) in [5.41, 5.74) is 5.17. The van der Waals surface area contributed by atoms with Gasteiger partial charge in [0.15, 0.2) is 6.61 Å². The van der Waals surface area contributed by atoms with E-state index in [4.69, 9.17) is 22.1 Å². The Kier molecular flexibility index (Phi) is 5.53. The summed E-state index contributed by atoms with van der Waals surface area (Å²) < 4.78 is 42.1. The predicted octanol–water partition coefficient (Wildman–Crippen LogP) is 3.74. The number of benzene rings is 2. The Balaban J connectivity index is 1.90. The van der Waals surface area contributed by atoms with Gasteiger partial charge >= 0.3 is 12.1 Å². The number of carbonyl (C=O) groups excluding carboxylic acids is 2. The van der Waals surface area contributed by atoms with Gasteiger partial charge in [-0.2, -0.15) is 13.2 Å². The molecule has 0 radical (unpaired) electrons. The summed E-state index contributed by atoms with van der Waals surface area (Å²) in [6.07, 6.45) is -4.46. The number of amides is 1. The highest BCUT2D eigenvalue weighted by Gasteiger charge is 2.30. The molecular weight excluding hydrogens is 361 g/mol. The molecular formula is C16H12ClF3N2O3. The second kappa shape index (κ2) is 7.43. The first-order valence-corrected chi connectivity index (χ1v) is 7.24. The Bertz CT molecular complexity index is 792. The summed E-state index contributed by atoms with van der Waals surface area (Å²) in [5, 5.41) is 2.59. The first-order valence-electron chi connectivity index (χ1n) is 6.86. The van der Waals surface area contributed by atoms with E-state index in [1.165, 1.54) is 18.2 Å². The molecule has 1 amide bonds. The molecule has 2 aromatic carbocycles. The maximum Gasteiger partial charge on any atom is 0.416 e. The lowest BCUT2D eigenvalue weighted by Gasteiger charge is -2.09. The van der Waals surface area contributed by atoms with E-state index in [1.807, 2.05) is 0 Å². The number of ether oxygens (including phenoxy) is 1. The summed E-state index contributed by atoms with van der Waals surface area (Å²) in [7, 11) is 0. The van der Waals surface area contributed by atoms with Crippen molar-refractivity contribution in [1.29, 1.82) is 0 Å². The van der Waals surface area contributed by atoms with Gasteiger partial charge in [-0.25, -0.2) is 4.79 Å². The summed E-state index contributed by atoms with van der Waals surface area (Å²) >= 11 is 5.73. The molecule has 0 spiro atoms. The Labute approximate surface area is 145 Å². The number of hydrogen-bond donors (Lipinski definition) is 2. The summed E-state index contributed by atoms with van der Waals surface area (Å²) in [6, 6.07) is 7.96. The van der Waals surface area contributed by atoms with Gasteiger partial charge in [-0.15, -0.1) is 0 Å². The number of alkyl halides is 3. The molecule has 25 heavy (non-hydrogen) atoms. The number of esters is 1. The molecule has 0 unspecified atom stereocenters. The fourth-order valence-electron chi connectivity index (χ4n) is 1.82. The number of rotatable bonds is 4. The fraction of sp³-hybridized carbons (Fsp3) is 0.125. The molecule has 9 heteroatoms. The van der Waals surface area contributed by atoms with Crippen LogP contribution in [-0.2, 0) is 15.7 Å². The van der Waals surface area contributed by atoms with E-state index < -0.39 is 30.2 Å². The van der Waals surface area contributed by atoms with Crippen molar-refractivity contribution in [2.75, 3.05) is 17.7 Å². The van der Waals surface area contributed by atoms with E-state index >= 15 is 0 Å². The molecule has 0 aromatic heterocycles. The van der Waals surface area contributed by atoms with Gasteiger partial charge in [0.05, 0.1) is 21.8 Å². The van der Waals surface area contributed by atoms with Gasteiger partial charge in [0.2, 0.25) is 0 Å². The Morgan fingerprint density at radius 3 is 2.32 bits per heavy atom. The number of hydrogen-bond acceptors (Lipinski definition) is 4. The minimum atomic E-state index is -4.46. The predicted molar refractivity (Wildman–Crippen MR) is 86.2 cm³/mol. The zero-order valence-corrected chi connectivity index (χ0v) is 13.3. The normalized spacial score (nSPS) is 11.0. The van der Waals surface area contributed by atoms with Gasteiger partial charge in [-0.05, 0) is 42.5 Å². The van der Waals surface area contributed by atoms with Crippen LogP contribution in [-0.4, -0.2) is 18.5 Å². The van der Waals surface area contributed by atoms with Crippen LogP contribution in [0.4, 0.5) is 24.5 Å². The van der Waals surface area contributed by atoms with Crippen LogP contribution in [0.5, 0.6) is 0 Å². The number of nitrogens with two attached hydrogens (primary N) is 1. The van der Waals surface area contributed by atoms with Crippen LogP contribution >= 0.6 is 11.6 Å². The first-order chi connectivity index (χ1) is 11.7. The molecule has 0 aliphatic rings. The number of nitrogens with one attached hydrogen (secondary N) is 1. The third-order valence-electron chi connectivity index (χ3n) is 3.06. The molecule has 0 aliphatic heterocycles. The van der Waals surface area contributed by atoms with Crippen LogP contribution in [0.2, 0.25) is 5.02 Å². The molecule has 0 saturated carbocycles.